The third kappa shape index (κ3) is 3.44. The molecule has 4 nitrogen and oxygen atoms in total. The van der Waals surface area contributed by atoms with Crippen LogP contribution in [0, 0.1) is 23.0 Å². The van der Waals surface area contributed by atoms with Crippen LogP contribution in [0.2, 0.25) is 0 Å². The topological polar surface area (TPSA) is 63.0 Å². The molecular weight excluding hydrogens is 322 g/mol. The number of ketones is 1. The summed E-state index contributed by atoms with van der Waals surface area (Å²) in [5.41, 5.74) is -0.197. The molecule has 1 aromatic heterocycles. The van der Waals surface area contributed by atoms with Gasteiger partial charge in [-0.05, 0) is 18.6 Å². The van der Waals surface area contributed by atoms with Crippen LogP contribution in [0.4, 0.5) is 8.78 Å². The summed E-state index contributed by atoms with van der Waals surface area (Å²) in [6, 6.07) is 5.40. The Morgan fingerprint density at radius 1 is 1.43 bits per heavy atom. The Morgan fingerprint density at radius 2 is 2.09 bits per heavy atom. The van der Waals surface area contributed by atoms with Crippen molar-refractivity contribution in [1.29, 1.82) is 5.26 Å². The van der Waals surface area contributed by atoms with Crippen molar-refractivity contribution in [2.45, 2.75) is 25.4 Å². The first-order valence-corrected chi connectivity index (χ1v) is 7.77. The van der Waals surface area contributed by atoms with Gasteiger partial charge in [-0.3, -0.25) is 4.79 Å². The van der Waals surface area contributed by atoms with Crippen molar-refractivity contribution < 1.29 is 18.3 Å². The van der Waals surface area contributed by atoms with Gasteiger partial charge in [-0.1, -0.05) is 13.0 Å². The second-order valence-corrected chi connectivity index (χ2v) is 5.65. The highest BCUT2D eigenvalue weighted by molar-refractivity contribution is 7.10. The first kappa shape index (κ1) is 17.2. The average molecular weight is 336 g/mol. The Kier molecular flexibility index (Phi) is 5.53. The molecule has 0 N–H and O–H groups in total. The van der Waals surface area contributed by atoms with E-state index < -0.39 is 29.4 Å². The van der Waals surface area contributed by atoms with E-state index in [9.17, 15) is 18.8 Å². The van der Waals surface area contributed by atoms with Gasteiger partial charge < -0.3 is 4.74 Å². The van der Waals surface area contributed by atoms with E-state index in [1.807, 2.05) is 6.07 Å². The van der Waals surface area contributed by atoms with E-state index >= 15 is 0 Å². The lowest BCUT2D eigenvalue weighted by Crippen LogP contribution is -2.27. The molecule has 0 fully saturated rings. The maximum Gasteiger partial charge on any atom is 0.185 e. The number of thiazole rings is 1. The van der Waals surface area contributed by atoms with Gasteiger partial charge in [0.15, 0.2) is 11.7 Å². The zero-order valence-electron chi connectivity index (χ0n) is 12.5. The minimum atomic E-state index is -1.12. The van der Waals surface area contributed by atoms with Gasteiger partial charge in [-0.2, -0.15) is 5.26 Å². The van der Waals surface area contributed by atoms with Crippen LogP contribution in [-0.4, -0.2) is 24.0 Å². The lowest BCUT2D eigenvalue weighted by molar-refractivity contribution is -0.129. The molecule has 2 unspecified atom stereocenters. The Morgan fingerprint density at radius 3 is 2.61 bits per heavy atom. The molecule has 0 aliphatic carbocycles. The van der Waals surface area contributed by atoms with Crippen molar-refractivity contribution in [3.8, 4) is 17.3 Å². The van der Waals surface area contributed by atoms with Crippen molar-refractivity contribution in [1.82, 2.24) is 4.98 Å². The van der Waals surface area contributed by atoms with E-state index in [4.69, 9.17) is 4.74 Å². The van der Waals surface area contributed by atoms with Gasteiger partial charge in [0.1, 0.15) is 22.7 Å². The smallest absolute Gasteiger partial charge is 0.185 e. The second-order valence-electron chi connectivity index (χ2n) is 4.76. The molecule has 0 saturated heterocycles. The molecule has 0 spiro atoms. The molecule has 2 atom stereocenters. The van der Waals surface area contributed by atoms with Crippen molar-refractivity contribution in [2.75, 3.05) is 7.11 Å². The molecule has 0 bridgehead atoms. The summed E-state index contributed by atoms with van der Waals surface area (Å²) in [4.78, 5) is 16.4. The summed E-state index contributed by atoms with van der Waals surface area (Å²) in [5, 5.41) is 10.9. The molecule has 7 heteroatoms. The molecule has 1 heterocycles. The summed E-state index contributed by atoms with van der Waals surface area (Å²) in [6.45, 7) is 1.77. The largest absolute Gasteiger partial charge is 0.374 e. The summed E-state index contributed by atoms with van der Waals surface area (Å²) < 4.78 is 32.6. The number of benzene rings is 1. The van der Waals surface area contributed by atoms with Crippen LogP contribution in [-0.2, 0) is 9.53 Å². The predicted molar refractivity (Wildman–Crippen MR) is 81.9 cm³/mol. The van der Waals surface area contributed by atoms with E-state index in [1.165, 1.54) is 18.6 Å². The number of hydrogen-bond acceptors (Lipinski definition) is 5. The van der Waals surface area contributed by atoms with Gasteiger partial charge in [0.25, 0.3) is 0 Å². The monoisotopic (exact) mass is 336 g/mol. The van der Waals surface area contributed by atoms with E-state index in [1.54, 1.807) is 6.92 Å². The zero-order valence-corrected chi connectivity index (χ0v) is 13.4. The van der Waals surface area contributed by atoms with Gasteiger partial charge in [0.2, 0.25) is 0 Å². The number of rotatable bonds is 6. The van der Waals surface area contributed by atoms with E-state index in [2.05, 4.69) is 4.98 Å². The number of aromatic nitrogens is 1. The number of nitrogens with zero attached hydrogens (tertiary/aromatic N) is 2. The fourth-order valence-corrected chi connectivity index (χ4v) is 3.05. The maximum atomic E-state index is 13.8. The first-order valence-electron chi connectivity index (χ1n) is 6.89. The highest BCUT2D eigenvalue weighted by atomic mass is 32.1. The molecule has 0 saturated carbocycles. The standard InChI is InChI=1S/C16H14F2N2O2S/c1-3-13(22-2)15(21)9(7-19)16-20-12(8-23-16)14-10(17)5-4-6-11(14)18/h4-6,8-9,13H,3H2,1-2H3. The van der Waals surface area contributed by atoms with Crippen molar-refractivity contribution >= 4 is 17.1 Å². The van der Waals surface area contributed by atoms with Gasteiger partial charge in [0.05, 0.1) is 17.3 Å². The highest BCUT2D eigenvalue weighted by Gasteiger charge is 2.30. The maximum absolute atomic E-state index is 13.8. The van der Waals surface area contributed by atoms with Crippen LogP contribution in [0.3, 0.4) is 0 Å². The van der Waals surface area contributed by atoms with Gasteiger partial charge in [0, 0.05) is 12.5 Å². The molecule has 23 heavy (non-hydrogen) atoms. The Labute approximate surface area is 136 Å². The number of Topliss-reactive ketones (excluding diaryl/α,β-unsaturated/α-hetero) is 1. The zero-order chi connectivity index (χ0) is 17.0. The highest BCUT2D eigenvalue weighted by Crippen LogP contribution is 2.31. The number of halogens is 2. The number of hydrogen-bond donors (Lipinski definition) is 0. The SMILES string of the molecule is CCC(OC)C(=O)C(C#N)c1nc(-c2c(F)cccc2F)cs1. The van der Waals surface area contributed by atoms with E-state index in [0.717, 1.165) is 23.5 Å². The minimum absolute atomic E-state index is 0.0686. The molecule has 0 aliphatic heterocycles. The number of ether oxygens (including phenoxy) is 1. The average Bonchev–Trinajstić information content (AvgIpc) is 2.98. The number of nitriles is 1. The molecule has 2 rings (SSSR count). The normalized spacial score (nSPS) is 13.3. The lowest BCUT2D eigenvalue weighted by Gasteiger charge is -2.13. The van der Waals surface area contributed by atoms with Gasteiger partial charge in [-0.25, -0.2) is 13.8 Å². The molecule has 2 aromatic rings. The number of carbonyl (C=O) groups is 1. The van der Waals surface area contributed by atoms with Crippen molar-refractivity contribution in [2.24, 2.45) is 0 Å². The Hall–Kier alpha value is -2.17. The molecular formula is C16H14F2N2O2S. The quantitative estimate of drug-likeness (QED) is 0.807. The molecule has 120 valence electrons. The predicted octanol–water partition coefficient (Wildman–Crippen LogP) is 3.69. The van der Waals surface area contributed by atoms with Gasteiger partial charge in [-0.15, -0.1) is 11.3 Å². The molecule has 0 amide bonds. The Bertz CT molecular complexity index is 731. The van der Waals surface area contributed by atoms with Crippen LogP contribution < -0.4 is 0 Å². The molecule has 0 radical (unpaired) electrons. The van der Waals surface area contributed by atoms with E-state index in [-0.39, 0.29) is 16.3 Å². The van der Waals surface area contributed by atoms with Crippen LogP contribution in [0.1, 0.15) is 24.3 Å². The summed E-state index contributed by atoms with van der Waals surface area (Å²) in [5.74, 6) is -3.02. The van der Waals surface area contributed by atoms with Crippen LogP contribution in [0.25, 0.3) is 11.3 Å². The van der Waals surface area contributed by atoms with Crippen molar-refractivity contribution in [3.63, 3.8) is 0 Å². The third-order valence-corrected chi connectivity index (χ3v) is 4.28. The second kappa shape index (κ2) is 7.40. The van der Waals surface area contributed by atoms with Gasteiger partial charge >= 0.3 is 0 Å². The summed E-state index contributed by atoms with van der Waals surface area (Å²) in [6.07, 6.45) is -0.287. The van der Waals surface area contributed by atoms with Crippen LogP contribution in [0.15, 0.2) is 23.6 Å². The fourth-order valence-electron chi connectivity index (χ4n) is 2.19. The lowest BCUT2D eigenvalue weighted by atomic mass is 10.00. The summed E-state index contributed by atoms with van der Waals surface area (Å²) >= 11 is 1.02. The molecule has 0 aliphatic rings. The number of methoxy groups -OCH3 is 1. The first-order chi connectivity index (χ1) is 11.0. The third-order valence-electron chi connectivity index (χ3n) is 3.37. The van der Waals surface area contributed by atoms with Crippen molar-refractivity contribution in [3.05, 3.63) is 40.2 Å². The van der Waals surface area contributed by atoms with Crippen LogP contribution >= 0.6 is 11.3 Å². The number of carbonyl (C=O) groups excluding carboxylic acids is 1. The summed E-state index contributed by atoms with van der Waals surface area (Å²) in [7, 11) is 1.39. The fraction of sp³-hybridized carbons (Fsp3) is 0.312. The minimum Gasteiger partial charge on any atom is -0.374 e. The van der Waals surface area contributed by atoms with E-state index in [0.29, 0.717) is 6.42 Å². The van der Waals surface area contributed by atoms with Crippen LogP contribution in [0.5, 0.6) is 0 Å². The molecule has 1 aromatic carbocycles. The Balaban J connectivity index is 2.38.